The number of nitrogens with zero attached hydrogens (tertiary/aromatic N) is 1. The van der Waals surface area contributed by atoms with E-state index >= 15 is 0 Å². The minimum absolute atomic E-state index is 0.192. The van der Waals surface area contributed by atoms with Gasteiger partial charge in [-0.3, -0.25) is 4.99 Å². The molecule has 1 aromatic carbocycles. The maximum absolute atomic E-state index is 12.9. The number of aliphatic imine (C=N–C) groups is 1. The lowest BCUT2D eigenvalue weighted by Gasteiger charge is -2.16. The summed E-state index contributed by atoms with van der Waals surface area (Å²) in [5, 5.41) is 0. The second-order valence-corrected chi connectivity index (χ2v) is 4.13. The summed E-state index contributed by atoms with van der Waals surface area (Å²) in [5.41, 5.74) is 0.862. The van der Waals surface area contributed by atoms with Gasteiger partial charge in [0.2, 0.25) is 0 Å². The van der Waals surface area contributed by atoms with Crippen molar-refractivity contribution in [3.05, 3.63) is 35.6 Å². The van der Waals surface area contributed by atoms with Crippen LogP contribution in [-0.2, 0) is 0 Å². The van der Waals surface area contributed by atoms with E-state index in [1.165, 1.54) is 44.2 Å². The SMILES string of the molecule is Fc1cccc(C=NC2CCCCC2)c1. The predicted octanol–water partition coefficient (Wildman–Crippen LogP) is 3.58. The zero-order valence-electron chi connectivity index (χ0n) is 8.82. The van der Waals surface area contributed by atoms with E-state index in [4.69, 9.17) is 0 Å². The molecule has 0 atom stereocenters. The lowest BCUT2D eigenvalue weighted by Crippen LogP contribution is -2.09. The molecule has 0 N–H and O–H groups in total. The highest BCUT2D eigenvalue weighted by Crippen LogP contribution is 2.20. The summed E-state index contributed by atoms with van der Waals surface area (Å²) in [6, 6.07) is 7.04. The van der Waals surface area contributed by atoms with Gasteiger partial charge >= 0.3 is 0 Å². The second kappa shape index (κ2) is 5.06. The van der Waals surface area contributed by atoms with Gasteiger partial charge in [-0.15, -0.1) is 0 Å². The van der Waals surface area contributed by atoms with Crippen LogP contribution in [0.4, 0.5) is 4.39 Å². The fraction of sp³-hybridized carbons (Fsp3) is 0.462. The van der Waals surface area contributed by atoms with Gasteiger partial charge in [-0.2, -0.15) is 0 Å². The van der Waals surface area contributed by atoms with Crippen LogP contribution in [0.15, 0.2) is 29.3 Å². The third-order valence-corrected chi connectivity index (χ3v) is 2.86. The van der Waals surface area contributed by atoms with Crippen LogP contribution in [0.3, 0.4) is 0 Å². The summed E-state index contributed by atoms with van der Waals surface area (Å²) in [6.45, 7) is 0. The first-order valence-electron chi connectivity index (χ1n) is 5.63. The molecule has 0 amide bonds. The molecule has 2 rings (SSSR count). The summed E-state index contributed by atoms with van der Waals surface area (Å²) in [5.74, 6) is -0.192. The van der Waals surface area contributed by atoms with Crippen LogP contribution in [-0.4, -0.2) is 12.3 Å². The number of rotatable bonds is 2. The van der Waals surface area contributed by atoms with Crippen LogP contribution >= 0.6 is 0 Å². The smallest absolute Gasteiger partial charge is 0.123 e. The molecule has 0 aliphatic heterocycles. The normalized spacial score (nSPS) is 18.5. The summed E-state index contributed by atoms with van der Waals surface area (Å²) in [6.07, 6.45) is 8.08. The third-order valence-electron chi connectivity index (χ3n) is 2.86. The first-order valence-corrected chi connectivity index (χ1v) is 5.63. The Labute approximate surface area is 90.0 Å². The van der Waals surface area contributed by atoms with Crippen molar-refractivity contribution in [3.8, 4) is 0 Å². The average molecular weight is 205 g/mol. The first-order chi connectivity index (χ1) is 7.34. The van der Waals surface area contributed by atoms with Gasteiger partial charge in [0.05, 0.1) is 0 Å². The van der Waals surface area contributed by atoms with Gasteiger partial charge in [0, 0.05) is 12.3 Å². The molecule has 15 heavy (non-hydrogen) atoms. The van der Waals surface area contributed by atoms with E-state index in [1.54, 1.807) is 12.3 Å². The van der Waals surface area contributed by atoms with E-state index in [9.17, 15) is 4.39 Å². The molecule has 1 saturated carbocycles. The highest BCUT2D eigenvalue weighted by Gasteiger charge is 2.10. The molecular formula is C13H16FN. The quantitative estimate of drug-likeness (QED) is 0.654. The third kappa shape index (κ3) is 3.15. The van der Waals surface area contributed by atoms with Crippen molar-refractivity contribution >= 4 is 6.21 Å². The summed E-state index contributed by atoms with van der Waals surface area (Å²) < 4.78 is 12.9. The van der Waals surface area contributed by atoms with Crippen molar-refractivity contribution in [2.45, 2.75) is 38.1 Å². The van der Waals surface area contributed by atoms with Gasteiger partial charge in [-0.1, -0.05) is 31.4 Å². The Morgan fingerprint density at radius 1 is 1.20 bits per heavy atom. The van der Waals surface area contributed by atoms with E-state index < -0.39 is 0 Å². The Kier molecular flexibility index (Phi) is 3.49. The predicted molar refractivity (Wildman–Crippen MR) is 60.9 cm³/mol. The minimum Gasteiger partial charge on any atom is -0.289 e. The van der Waals surface area contributed by atoms with Crippen LogP contribution in [0.5, 0.6) is 0 Å². The molecule has 1 nitrogen and oxygen atoms in total. The molecule has 0 spiro atoms. The van der Waals surface area contributed by atoms with Crippen LogP contribution in [0.25, 0.3) is 0 Å². The van der Waals surface area contributed by atoms with Gasteiger partial charge < -0.3 is 0 Å². The Morgan fingerprint density at radius 2 is 2.00 bits per heavy atom. The van der Waals surface area contributed by atoms with Gasteiger partial charge in [0.25, 0.3) is 0 Å². The lowest BCUT2D eigenvalue weighted by molar-refractivity contribution is 0.444. The largest absolute Gasteiger partial charge is 0.289 e. The van der Waals surface area contributed by atoms with Gasteiger partial charge in [0.1, 0.15) is 5.82 Å². The molecule has 80 valence electrons. The van der Waals surface area contributed by atoms with Crippen molar-refractivity contribution in [3.63, 3.8) is 0 Å². The molecular weight excluding hydrogens is 189 g/mol. The number of halogens is 1. The molecule has 0 radical (unpaired) electrons. The molecule has 0 bridgehead atoms. The highest BCUT2D eigenvalue weighted by molar-refractivity contribution is 5.79. The molecule has 0 heterocycles. The zero-order chi connectivity index (χ0) is 10.5. The lowest BCUT2D eigenvalue weighted by atomic mass is 9.96. The van der Waals surface area contributed by atoms with E-state index in [1.807, 2.05) is 6.07 Å². The van der Waals surface area contributed by atoms with Gasteiger partial charge in [-0.25, -0.2) is 4.39 Å². The van der Waals surface area contributed by atoms with Crippen LogP contribution in [0.2, 0.25) is 0 Å². The fourth-order valence-corrected chi connectivity index (χ4v) is 2.01. The van der Waals surface area contributed by atoms with E-state index in [0.29, 0.717) is 6.04 Å². The molecule has 1 aliphatic rings. The molecule has 1 aliphatic carbocycles. The minimum atomic E-state index is -0.192. The Balaban J connectivity index is 1.97. The van der Waals surface area contributed by atoms with E-state index in [-0.39, 0.29) is 5.82 Å². The van der Waals surface area contributed by atoms with Crippen LogP contribution < -0.4 is 0 Å². The van der Waals surface area contributed by atoms with Crippen molar-refractivity contribution < 1.29 is 4.39 Å². The fourth-order valence-electron chi connectivity index (χ4n) is 2.01. The van der Waals surface area contributed by atoms with Crippen molar-refractivity contribution in [1.82, 2.24) is 0 Å². The Hall–Kier alpha value is -1.18. The molecule has 2 heteroatoms. The maximum Gasteiger partial charge on any atom is 0.123 e. The van der Waals surface area contributed by atoms with Crippen LogP contribution in [0.1, 0.15) is 37.7 Å². The number of hydrogen-bond donors (Lipinski definition) is 0. The van der Waals surface area contributed by atoms with Crippen molar-refractivity contribution in [2.75, 3.05) is 0 Å². The molecule has 0 unspecified atom stereocenters. The van der Waals surface area contributed by atoms with Gasteiger partial charge in [-0.05, 0) is 30.5 Å². The van der Waals surface area contributed by atoms with Crippen molar-refractivity contribution in [2.24, 2.45) is 4.99 Å². The first kappa shape index (κ1) is 10.3. The Morgan fingerprint density at radius 3 is 2.73 bits per heavy atom. The van der Waals surface area contributed by atoms with Crippen molar-refractivity contribution in [1.29, 1.82) is 0 Å². The molecule has 1 aromatic rings. The van der Waals surface area contributed by atoms with E-state index in [2.05, 4.69) is 4.99 Å². The Bertz CT molecular complexity index is 340. The molecule has 0 saturated heterocycles. The maximum atomic E-state index is 12.9. The standard InChI is InChI=1S/C13H16FN/c14-12-6-4-5-11(9-12)10-15-13-7-2-1-3-8-13/h4-6,9-10,13H,1-3,7-8H2. The zero-order valence-corrected chi connectivity index (χ0v) is 8.82. The summed E-state index contributed by atoms with van der Waals surface area (Å²) in [4.78, 5) is 4.50. The van der Waals surface area contributed by atoms with Crippen LogP contribution in [0, 0.1) is 5.82 Å². The highest BCUT2D eigenvalue weighted by atomic mass is 19.1. The molecule has 0 aromatic heterocycles. The molecule has 1 fully saturated rings. The number of benzene rings is 1. The average Bonchev–Trinajstić information content (AvgIpc) is 2.28. The summed E-state index contributed by atoms with van der Waals surface area (Å²) >= 11 is 0. The second-order valence-electron chi connectivity index (χ2n) is 4.13. The monoisotopic (exact) mass is 205 g/mol. The summed E-state index contributed by atoms with van der Waals surface area (Å²) in [7, 11) is 0. The number of hydrogen-bond acceptors (Lipinski definition) is 1. The van der Waals surface area contributed by atoms with Gasteiger partial charge in [0.15, 0.2) is 0 Å². The van der Waals surface area contributed by atoms with E-state index in [0.717, 1.165) is 5.56 Å². The topological polar surface area (TPSA) is 12.4 Å².